The van der Waals surface area contributed by atoms with Crippen molar-refractivity contribution in [3.63, 3.8) is 0 Å². The van der Waals surface area contributed by atoms with Gasteiger partial charge >= 0.3 is 12.1 Å². The van der Waals surface area contributed by atoms with Gasteiger partial charge in [0.1, 0.15) is 18.4 Å². The van der Waals surface area contributed by atoms with E-state index >= 15 is 0 Å². The van der Waals surface area contributed by atoms with Crippen molar-refractivity contribution >= 4 is 0 Å². The largest absolute Gasteiger partial charge is 0.618 e. The van der Waals surface area contributed by atoms with Gasteiger partial charge in [-0.05, 0) is 32.0 Å². The van der Waals surface area contributed by atoms with Gasteiger partial charge in [-0.2, -0.15) is 31.9 Å². The first-order chi connectivity index (χ1) is 18.6. The van der Waals surface area contributed by atoms with Crippen LogP contribution >= 0.6 is 0 Å². The molecule has 214 valence electrons. The number of halogens is 7. The highest BCUT2D eigenvalue weighted by atomic mass is 19.4. The highest BCUT2D eigenvalue weighted by Crippen LogP contribution is 2.46. The smallest absolute Gasteiger partial charge is 0.459 e. The maximum Gasteiger partial charge on any atom is 0.459 e. The van der Waals surface area contributed by atoms with Crippen LogP contribution in [0.3, 0.4) is 0 Å². The average Bonchev–Trinajstić information content (AvgIpc) is 2.87. The summed E-state index contributed by atoms with van der Waals surface area (Å²) < 4.78 is 106. The molecule has 1 atom stereocenters. The van der Waals surface area contributed by atoms with Crippen molar-refractivity contribution in [2.24, 2.45) is 0 Å². The minimum absolute atomic E-state index is 0.0256. The molecule has 0 aliphatic rings. The Bertz CT molecular complexity index is 1500. The Balaban J connectivity index is 2.16. The Morgan fingerprint density at radius 1 is 1.23 bits per heavy atom. The lowest BCUT2D eigenvalue weighted by molar-refractivity contribution is -0.614. The van der Waals surface area contributed by atoms with E-state index < -0.39 is 65.1 Å². The van der Waals surface area contributed by atoms with Gasteiger partial charge in [0.05, 0.1) is 24.6 Å². The lowest BCUT2D eigenvalue weighted by Gasteiger charge is -2.22. The van der Waals surface area contributed by atoms with E-state index in [1.807, 2.05) is 0 Å². The topological polar surface area (TPSA) is 124 Å². The summed E-state index contributed by atoms with van der Waals surface area (Å²) in [4.78, 5) is 16.2. The van der Waals surface area contributed by atoms with Crippen LogP contribution in [-0.2, 0) is 12.5 Å². The zero-order chi connectivity index (χ0) is 30.0. The first-order valence-electron chi connectivity index (χ1n) is 11.1. The van der Waals surface area contributed by atoms with E-state index in [-0.39, 0.29) is 28.3 Å². The van der Waals surface area contributed by atoms with Crippen LogP contribution in [0.4, 0.5) is 30.7 Å². The Morgan fingerprint density at radius 2 is 1.90 bits per heavy atom. The predicted molar refractivity (Wildman–Crippen MR) is 121 cm³/mol. The van der Waals surface area contributed by atoms with E-state index in [4.69, 9.17) is 14.6 Å². The van der Waals surface area contributed by atoms with E-state index in [1.165, 1.54) is 13.0 Å². The number of alkyl halides is 7. The van der Waals surface area contributed by atoms with Crippen LogP contribution in [0.5, 0.6) is 17.2 Å². The molecule has 0 saturated carbocycles. The SMILES string of the molecule is Cc1c(C#N)cc(C(F)F)cc1Oc1c(C(F)(F)C(F)(F)F)ncn(Cc2ccc(OC(C)CO)c[n+]2[O-])c1=O. The summed E-state index contributed by atoms with van der Waals surface area (Å²) in [5.74, 6) is -8.10. The predicted octanol–water partition coefficient (Wildman–Crippen LogP) is 4.25. The summed E-state index contributed by atoms with van der Waals surface area (Å²) in [6.07, 6.45) is -8.82. The fourth-order valence-electron chi connectivity index (χ4n) is 3.33. The van der Waals surface area contributed by atoms with Gasteiger partial charge in [-0.15, -0.1) is 0 Å². The number of nitrogens with zero attached hydrogens (tertiary/aromatic N) is 4. The number of aliphatic hydroxyl groups is 1. The number of pyridine rings is 1. The zero-order valence-electron chi connectivity index (χ0n) is 20.5. The summed E-state index contributed by atoms with van der Waals surface area (Å²) in [5.41, 5.74) is -5.44. The first kappa shape index (κ1) is 30.2. The standard InChI is InChI=1S/C24H19F7N4O5/c1-12(10-36)39-17-4-3-16(35(38)9-17)8-34-11-33-20(23(27,28)24(29,30)31)19(22(34)37)40-18-6-14(21(25)26)5-15(7-32)13(18)2/h3-6,9,11-12,21,36H,8,10H2,1-2H3. The van der Waals surface area contributed by atoms with Crippen molar-refractivity contribution in [3.05, 3.63) is 80.4 Å². The van der Waals surface area contributed by atoms with Gasteiger partial charge in [-0.1, -0.05) is 0 Å². The molecule has 40 heavy (non-hydrogen) atoms. The molecule has 2 aromatic heterocycles. The third kappa shape index (κ3) is 6.09. The molecule has 0 spiro atoms. The molecule has 0 radical (unpaired) electrons. The Hall–Kier alpha value is -4.39. The summed E-state index contributed by atoms with van der Waals surface area (Å²) >= 11 is 0. The quantitative estimate of drug-likeness (QED) is 0.230. The van der Waals surface area contributed by atoms with Crippen LogP contribution in [-0.4, -0.2) is 33.5 Å². The zero-order valence-corrected chi connectivity index (χ0v) is 20.5. The molecule has 3 rings (SSSR count). The van der Waals surface area contributed by atoms with Gasteiger partial charge in [0.2, 0.25) is 17.6 Å². The lowest BCUT2D eigenvalue weighted by atomic mass is 10.0. The molecule has 3 aromatic rings. The van der Waals surface area contributed by atoms with Crippen molar-refractivity contribution < 1.29 is 50.0 Å². The number of nitriles is 1. The molecule has 0 aliphatic carbocycles. The van der Waals surface area contributed by atoms with Crippen LogP contribution in [0.25, 0.3) is 0 Å². The lowest BCUT2D eigenvalue weighted by Crippen LogP contribution is -2.39. The Kier molecular flexibility index (Phi) is 8.58. The minimum atomic E-state index is -6.23. The molecule has 0 fully saturated rings. The second kappa shape index (κ2) is 11.4. The highest BCUT2D eigenvalue weighted by Gasteiger charge is 2.62. The molecule has 0 saturated heterocycles. The number of hydrogen-bond acceptors (Lipinski definition) is 7. The van der Waals surface area contributed by atoms with Crippen LogP contribution < -0.4 is 19.8 Å². The van der Waals surface area contributed by atoms with Gasteiger partial charge < -0.3 is 19.8 Å². The highest BCUT2D eigenvalue weighted by molar-refractivity contribution is 5.51. The van der Waals surface area contributed by atoms with Crippen LogP contribution in [0, 0.1) is 23.5 Å². The fourth-order valence-corrected chi connectivity index (χ4v) is 3.33. The molecule has 0 aliphatic heterocycles. The molecular formula is C24H19F7N4O5. The number of ether oxygens (including phenoxy) is 2. The summed E-state index contributed by atoms with van der Waals surface area (Å²) in [6.45, 7) is 1.58. The number of hydrogen-bond donors (Lipinski definition) is 1. The fraction of sp³-hybridized carbons (Fsp3) is 0.333. The molecule has 9 nitrogen and oxygen atoms in total. The molecule has 0 bridgehead atoms. The first-order valence-corrected chi connectivity index (χ1v) is 11.1. The second-order valence-corrected chi connectivity index (χ2v) is 8.43. The number of benzene rings is 1. The summed E-state index contributed by atoms with van der Waals surface area (Å²) in [6, 6.07) is 5.36. The minimum Gasteiger partial charge on any atom is -0.618 e. The van der Waals surface area contributed by atoms with Gasteiger partial charge in [0.25, 0.3) is 12.0 Å². The molecule has 1 aromatic carbocycles. The van der Waals surface area contributed by atoms with Gasteiger partial charge in [0.15, 0.2) is 11.4 Å². The Labute approximate surface area is 220 Å². The molecule has 1 unspecified atom stereocenters. The molecule has 1 N–H and O–H groups in total. The maximum atomic E-state index is 14.4. The molecular weight excluding hydrogens is 557 g/mol. The van der Waals surface area contributed by atoms with Gasteiger partial charge in [-0.25, -0.2) is 13.8 Å². The molecule has 2 heterocycles. The van der Waals surface area contributed by atoms with Crippen molar-refractivity contribution in [1.82, 2.24) is 9.55 Å². The third-order valence-electron chi connectivity index (χ3n) is 5.51. The van der Waals surface area contributed by atoms with Gasteiger partial charge in [0, 0.05) is 17.2 Å². The van der Waals surface area contributed by atoms with Crippen molar-refractivity contribution in [3.8, 4) is 23.3 Å². The number of aliphatic hydroxyl groups excluding tert-OH is 1. The van der Waals surface area contributed by atoms with Crippen molar-refractivity contribution in [2.75, 3.05) is 6.61 Å². The van der Waals surface area contributed by atoms with Crippen molar-refractivity contribution in [1.29, 1.82) is 5.26 Å². The summed E-state index contributed by atoms with van der Waals surface area (Å²) in [5, 5.41) is 30.7. The van der Waals surface area contributed by atoms with Crippen LogP contribution in [0.1, 0.15) is 41.4 Å². The molecule has 16 heteroatoms. The van der Waals surface area contributed by atoms with E-state index in [0.29, 0.717) is 17.0 Å². The summed E-state index contributed by atoms with van der Waals surface area (Å²) in [7, 11) is 0. The average molecular weight is 576 g/mol. The third-order valence-corrected chi connectivity index (χ3v) is 5.51. The van der Waals surface area contributed by atoms with E-state index in [2.05, 4.69) is 4.98 Å². The molecule has 0 amide bonds. The van der Waals surface area contributed by atoms with Crippen LogP contribution in [0.15, 0.2) is 41.6 Å². The van der Waals surface area contributed by atoms with Crippen LogP contribution in [0.2, 0.25) is 0 Å². The number of rotatable bonds is 9. The van der Waals surface area contributed by atoms with E-state index in [1.54, 1.807) is 6.07 Å². The second-order valence-electron chi connectivity index (χ2n) is 8.43. The monoisotopic (exact) mass is 576 g/mol. The van der Waals surface area contributed by atoms with E-state index in [9.17, 15) is 46.0 Å². The van der Waals surface area contributed by atoms with Gasteiger partial charge in [-0.3, -0.25) is 9.36 Å². The Morgan fingerprint density at radius 3 is 2.45 bits per heavy atom. The van der Waals surface area contributed by atoms with Crippen molar-refractivity contribution in [2.45, 2.75) is 45.0 Å². The normalized spacial score (nSPS) is 12.8. The maximum absolute atomic E-state index is 14.4. The number of aromatic nitrogens is 3. The van der Waals surface area contributed by atoms with E-state index in [0.717, 1.165) is 25.3 Å².